The van der Waals surface area contributed by atoms with Crippen LogP contribution in [0.5, 0.6) is 0 Å². The number of halogens is 2. The molecule has 0 radical (unpaired) electrons. The van der Waals surface area contributed by atoms with Crippen molar-refractivity contribution in [3.8, 4) is 0 Å². The lowest BCUT2D eigenvalue weighted by atomic mass is 10.2. The number of carbonyl (C=O) groups is 1. The third-order valence-corrected chi connectivity index (χ3v) is 3.36. The van der Waals surface area contributed by atoms with Crippen molar-refractivity contribution < 1.29 is 71.8 Å². The monoisotopic (exact) mass is 583 g/mol. The van der Waals surface area contributed by atoms with Crippen LogP contribution >= 0.6 is 0 Å². The predicted octanol–water partition coefficient (Wildman–Crippen LogP) is -4.27. The molecule has 0 spiro atoms. The second-order valence-electron chi connectivity index (χ2n) is 5.76. The van der Waals surface area contributed by atoms with Gasteiger partial charge in [0, 0.05) is 12.1 Å². The lowest BCUT2D eigenvalue weighted by Crippen LogP contribution is -3.00. The molecule has 6 nitrogen and oxygen atoms in total. The number of aromatic nitrogens is 2. The molecule has 0 aliphatic carbocycles. The number of pyridine rings is 2. The summed E-state index contributed by atoms with van der Waals surface area (Å²) in [6.07, 6.45) is 9.80. The molecule has 2 rings (SSSR count). The van der Waals surface area contributed by atoms with E-state index in [9.17, 15) is 4.79 Å². The van der Waals surface area contributed by atoms with Gasteiger partial charge in [-0.3, -0.25) is 0 Å². The van der Waals surface area contributed by atoms with Gasteiger partial charge in [-0.05, 0) is 26.0 Å². The van der Waals surface area contributed by atoms with Gasteiger partial charge in [0.25, 0.3) is 0 Å². The van der Waals surface area contributed by atoms with E-state index in [1.165, 1.54) is 6.21 Å². The van der Waals surface area contributed by atoms with Gasteiger partial charge in [-0.1, -0.05) is 5.16 Å². The van der Waals surface area contributed by atoms with Crippen LogP contribution in [0.4, 0.5) is 0 Å². The lowest BCUT2D eigenvalue weighted by molar-refractivity contribution is -0.727. The summed E-state index contributed by atoms with van der Waals surface area (Å²) in [6, 6.07) is 7.39. The maximum atomic E-state index is 11.9. The largest absolute Gasteiger partial charge is 1.00 e. The summed E-state index contributed by atoms with van der Waals surface area (Å²) in [5.74, 6) is -0.301. The Hall–Kier alpha value is -1.30. The minimum Gasteiger partial charge on any atom is -1.00 e. The zero-order valence-corrected chi connectivity index (χ0v) is 19.1. The predicted molar refractivity (Wildman–Crippen MR) is 87.8 cm³/mol. The van der Waals surface area contributed by atoms with Crippen molar-refractivity contribution >= 4 is 12.2 Å². The molecule has 0 bridgehead atoms. The SMILES string of the molecule is CC(C)OC(=O)c1ccc[n+](CCC[n+]2cccc(/C=N/O)c2)c1.[I-].[I-]. The van der Waals surface area contributed by atoms with Gasteiger partial charge in [-0.2, -0.15) is 0 Å². The molecule has 0 aliphatic heterocycles. The minimum atomic E-state index is -0.301. The van der Waals surface area contributed by atoms with Crippen LogP contribution in [0, 0.1) is 0 Å². The number of ether oxygens (including phenoxy) is 1. The first-order valence-electron chi connectivity index (χ1n) is 7.95. The second-order valence-corrected chi connectivity index (χ2v) is 5.76. The number of carbonyl (C=O) groups excluding carboxylic acids is 1. The van der Waals surface area contributed by atoms with Crippen molar-refractivity contribution in [2.45, 2.75) is 39.5 Å². The highest BCUT2D eigenvalue weighted by atomic mass is 127. The fourth-order valence-electron chi connectivity index (χ4n) is 2.32. The van der Waals surface area contributed by atoms with Crippen LogP contribution < -0.4 is 57.1 Å². The van der Waals surface area contributed by atoms with Gasteiger partial charge >= 0.3 is 5.97 Å². The molecule has 0 fully saturated rings. The Bertz CT molecular complexity index is 724. The molecule has 26 heavy (non-hydrogen) atoms. The first kappa shape index (κ1) is 24.7. The van der Waals surface area contributed by atoms with Crippen molar-refractivity contribution in [3.05, 3.63) is 60.2 Å². The molecule has 0 aromatic carbocycles. The number of oxime groups is 1. The van der Waals surface area contributed by atoms with E-state index in [2.05, 4.69) is 5.16 Å². The van der Waals surface area contributed by atoms with Gasteiger partial charge in [-0.25, -0.2) is 13.9 Å². The highest BCUT2D eigenvalue weighted by Gasteiger charge is 2.13. The molecule has 142 valence electrons. The smallest absolute Gasteiger partial charge is 0.344 e. The van der Waals surface area contributed by atoms with Gasteiger partial charge in [0.15, 0.2) is 37.9 Å². The van der Waals surface area contributed by atoms with Crippen LogP contribution in [0.15, 0.2) is 54.2 Å². The average molecular weight is 583 g/mol. The third-order valence-electron chi connectivity index (χ3n) is 3.36. The zero-order valence-electron chi connectivity index (χ0n) is 14.8. The quantitative estimate of drug-likeness (QED) is 0.0898. The molecule has 8 heteroatoms. The van der Waals surface area contributed by atoms with E-state index in [1.54, 1.807) is 6.07 Å². The molecule has 0 saturated carbocycles. The van der Waals surface area contributed by atoms with Crippen molar-refractivity contribution in [3.63, 3.8) is 0 Å². The highest BCUT2D eigenvalue weighted by Crippen LogP contribution is 2.01. The van der Waals surface area contributed by atoms with Crippen molar-refractivity contribution in [1.82, 2.24) is 0 Å². The molecular formula is C18H23I2N3O3. The highest BCUT2D eigenvalue weighted by molar-refractivity contribution is 5.88. The number of hydrogen-bond acceptors (Lipinski definition) is 4. The fraction of sp³-hybridized carbons (Fsp3) is 0.333. The number of rotatable bonds is 7. The third kappa shape index (κ3) is 8.39. The molecule has 0 amide bonds. The van der Waals surface area contributed by atoms with E-state index in [-0.39, 0.29) is 60.0 Å². The molecule has 0 atom stereocenters. The second kappa shape index (κ2) is 13.0. The van der Waals surface area contributed by atoms with E-state index in [0.717, 1.165) is 25.1 Å². The Morgan fingerprint density at radius 2 is 1.77 bits per heavy atom. The van der Waals surface area contributed by atoms with Gasteiger partial charge < -0.3 is 57.9 Å². The normalized spacial score (nSPS) is 10.3. The summed E-state index contributed by atoms with van der Waals surface area (Å²) in [5, 5.41) is 11.6. The maximum Gasteiger partial charge on any atom is 0.344 e. The van der Waals surface area contributed by atoms with E-state index in [1.807, 2.05) is 66.0 Å². The first-order valence-corrected chi connectivity index (χ1v) is 7.95. The fourth-order valence-corrected chi connectivity index (χ4v) is 2.32. The Morgan fingerprint density at radius 3 is 2.38 bits per heavy atom. The van der Waals surface area contributed by atoms with Crippen LogP contribution in [-0.2, 0) is 17.8 Å². The van der Waals surface area contributed by atoms with Gasteiger partial charge in [-0.15, -0.1) is 0 Å². The molecule has 2 aromatic heterocycles. The lowest BCUT2D eigenvalue weighted by Gasteiger charge is -2.06. The van der Waals surface area contributed by atoms with Crippen LogP contribution in [0.1, 0.15) is 36.2 Å². The van der Waals surface area contributed by atoms with Crippen LogP contribution in [0.2, 0.25) is 0 Å². The van der Waals surface area contributed by atoms with Crippen LogP contribution in [0.3, 0.4) is 0 Å². The van der Waals surface area contributed by atoms with Crippen molar-refractivity contribution in [2.75, 3.05) is 0 Å². The molecule has 0 unspecified atom stereocenters. The number of aryl methyl sites for hydroxylation is 2. The average Bonchev–Trinajstić information content (AvgIpc) is 2.55. The van der Waals surface area contributed by atoms with Gasteiger partial charge in [0.1, 0.15) is 5.56 Å². The topological polar surface area (TPSA) is 66.7 Å². The van der Waals surface area contributed by atoms with Crippen molar-refractivity contribution in [2.24, 2.45) is 5.16 Å². The Balaban J connectivity index is 0.00000312. The molecule has 1 N–H and O–H groups in total. The summed E-state index contributed by atoms with van der Waals surface area (Å²) in [4.78, 5) is 11.9. The summed E-state index contributed by atoms with van der Waals surface area (Å²) in [5.41, 5.74) is 1.39. The standard InChI is InChI=1S/C18H22N3O3.2HI/c1-15(2)24-18(22)17-7-4-9-21(14-17)11-5-10-20-8-3-6-16(13-20)12-19-23;;/h3-4,6-9,12-15H,5,10-11H2,1-2H3;2*1H/q+1;;/p-1/b19-12+;;. The Kier molecular flexibility index (Phi) is 12.3. The van der Waals surface area contributed by atoms with Crippen LogP contribution in [0.25, 0.3) is 0 Å². The number of hydrogen-bond donors (Lipinski definition) is 1. The number of esters is 1. The van der Waals surface area contributed by atoms with Gasteiger partial charge in [0.05, 0.1) is 24.3 Å². The molecule has 2 heterocycles. The molecular weight excluding hydrogens is 560 g/mol. The van der Waals surface area contributed by atoms with Crippen molar-refractivity contribution in [1.29, 1.82) is 0 Å². The Morgan fingerprint density at radius 1 is 1.15 bits per heavy atom. The summed E-state index contributed by atoms with van der Waals surface area (Å²) >= 11 is 0. The van der Waals surface area contributed by atoms with Crippen LogP contribution in [-0.4, -0.2) is 23.5 Å². The molecule has 2 aromatic rings. The van der Waals surface area contributed by atoms with Gasteiger partial charge in [0.2, 0.25) is 0 Å². The van der Waals surface area contributed by atoms with E-state index >= 15 is 0 Å². The summed E-state index contributed by atoms with van der Waals surface area (Å²) in [6.45, 7) is 5.28. The first-order chi connectivity index (χ1) is 11.6. The zero-order chi connectivity index (χ0) is 17.4. The number of nitrogens with zero attached hydrogens (tertiary/aromatic N) is 3. The minimum absolute atomic E-state index is 0. The molecule has 0 aliphatic rings. The maximum absolute atomic E-state index is 11.9. The summed E-state index contributed by atoms with van der Waals surface area (Å²) in [7, 11) is 0. The summed E-state index contributed by atoms with van der Waals surface area (Å²) < 4.78 is 9.23. The Labute approximate surface area is 187 Å². The van der Waals surface area contributed by atoms with E-state index in [0.29, 0.717) is 5.56 Å². The van der Waals surface area contributed by atoms with E-state index in [4.69, 9.17) is 9.94 Å². The molecule has 0 saturated heterocycles. The van der Waals surface area contributed by atoms with E-state index < -0.39 is 0 Å².